The van der Waals surface area contributed by atoms with E-state index >= 15 is 0 Å². The fraction of sp³-hybridized carbons (Fsp3) is 0.351. The molecule has 4 atom stereocenters. The van der Waals surface area contributed by atoms with Gasteiger partial charge in [0.25, 0.3) is 0 Å². The summed E-state index contributed by atoms with van der Waals surface area (Å²) in [7, 11) is 0.110. The van der Waals surface area contributed by atoms with E-state index in [1.165, 1.54) is 7.11 Å². The standard InChI is InChI=1S/C37H33BF6INO6/c1-3-20-14-26-32(35(49)46(34(26)48)25-16-23(36(39,40)41)15-24(17-25)37(42,43)44)27-18-38(50)52-29(31(20)27)10-9-22(21-7-5-4-6-8-21)11-19-12-28(45)33(47)30(13-19)51-2/h4-8,11-13,15-17,26-27,29,32,47,50H,3,9-10,14,18H2,1-2H3/b22-11-/t26-,27+,29-,32-/m1/s1. The Morgan fingerprint density at radius 3 is 2.25 bits per heavy atom. The number of ether oxygens (including phenoxy) is 1. The summed E-state index contributed by atoms with van der Waals surface area (Å²) in [6, 6.07) is 13.8. The van der Waals surface area contributed by atoms with Gasteiger partial charge < -0.3 is 19.5 Å². The third-order valence-corrected chi connectivity index (χ3v) is 10.8. The molecular weight excluding hydrogens is 806 g/mol. The van der Waals surface area contributed by atoms with E-state index < -0.39 is 72.0 Å². The summed E-state index contributed by atoms with van der Waals surface area (Å²) >= 11 is 2.01. The monoisotopic (exact) mass is 839 g/mol. The number of carbonyl (C=O) groups is 2. The number of hydrogen-bond acceptors (Lipinski definition) is 6. The lowest BCUT2D eigenvalue weighted by molar-refractivity contribution is -0.143. The van der Waals surface area contributed by atoms with Crippen molar-refractivity contribution < 1.29 is 55.5 Å². The number of allylic oxidation sites excluding steroid dienone is 2. The van der Waals surface area contributed by atoms with Crippen molar-refractivity contribution >= 4 is 58.9 Å². The van der Waals surface area contributed by atoms with Crippen molar-refractivity contribution in [2.24, 2.45) is 17.8 Å². The number of nitrogens with zero attached hydrogens (tertiary/aromatic N) is 1. The van der Waals surface area contributed by atoms with Crippen LogP contribution in [0.25, 0.3) is 11.6 Å². The number of methoxy groups -OCH3 is 1. The van der Waals surface area contributed by atoms with Crippen LogP contribution in [0.15, 0.2) is 71.8 Å². The number of phenolic OH excluding ortho intramolecular Hbond substituents is 1. The van der Waals surface area contributed by atoms with Crippen LogP contribution >= 0.6 is 22.6 Å². The molecule has 15 heteroatoms. The van der Waals surface area contributed by atoms with E-state index in [-0.39, 0.29) is 24.6 Å². The normalized spacial score (nSPS) is 22.5. The van der Waals surface area contributed by atoms with Crippen LogP contribution in [-0.2, 0) is 26.6 Å². The molecular formula is C37H33BF6INO6. The van der Waals surface area contributed by atoms with Crippen LogP contribution in [0.3, 0.4) is 0 Å². The Morgan fingerprint density at radius 2 is 1.65 bits per heavy atom. The second-order valence-corrected chi connectivity index (χ2v) is 14.2. The molecule has 0 unspecified atom stereocenters. The molecule has 0 spiro atoms. The summed E-state index contributed by atoms with van der Waals surface area (Å²) in [5, 5.41) is 21.3. The maximum absolute atomic E-state index is 14.1. The van der Waals surface area contributed by atoms with Crippen LogP contribution in [0.2, 0.25) is 6.32 Å². The molecule has 0 saturated carbocycles. The third-order valence-electron chi connectivity index (χ3n) is 10.00. The maximum atomic E-state index is 14.1. The zero-order valence-electron chi connectivity index (χ0n) is 27.9. The molecule has 2 N–H and O–H groups in total. The second kappa shape index (κ2) is 14.5. The SMILES string of the molecule is CCC1=C2[C@@H](CC/C(=C/c3cc(I)c(O)c(OC)c3)c3ccccc3)OB(O)C[C@@H]2[C@@H]2C(=O)N(c3cc(C(F)(F)F)cc(C(F)(F)F)c3)C(=O)[C@@H]2C1. The van der Waals surface area contributed by atoms with Gasteiger partial charge in [0.2, 0.25) is 11.8 Å². The summed E-state index contributed by atoms with van der Waals surface area (Å²) < 4.78 is 94.3. The molecule has 0 aromatic heterocycles. The van der Waals surface area contributed by atoms with Crippen molar-refractivity contribution in [3.05, 3.63) is 97.6 Å². The van der Waals surface area contributed by atoms with E-state index in [1.807, 2.05) is 65.9 Å². The van der Waals surface area contributed by atoms with Gasteiger partial charge in [-0.05, 0) is 113 Å². The Bertz CT molecular complexity index is 1920. The largest absolute Gasteiger partial charge is 0.504 e. The summed E-state index contributed by atoms with van der Waals surface area (Å²) in [6.07, 6.45) is -7.89. The maximum Gasteiger partial charge on any atom is 0.455 e. The first kappa shape index (κ1) is 37.9. The topological polar surface area (TPSA) is 96.3 Å². The lowest BCUT2D eigenvalue weighted by Crippen LogP contribution is -2.46. The van der Waals surface area contributed by atoms with Crippen molar-refractivity contribution in [2.45, 2.75) is 57.4 Å². The van der Waals surface area contributed by atoms with Gasteiger partial charge in [-0.1, -0.05) is 48.9 Å². The highest BCUT2D eigenvalue weighted by Gasteiger charge is 2.58. The minimum absolute atomic E-state index is 0.0131. The van der Waals surface area contributed by atoms with Gasteiger partial charge in [-0.25, -0.2) is 4.90 Å². The molecule has 1 aliphatic carbocycles. The summed E-state index contributed by atoms with van der Waals surface area (Å²) in [5.41, 5.74) is 0.00787. The number of amides is 2. The Labute approximate surface area is 309 Å². The lowest BCUT2D eigenvalue weighted by Gasteiger charge is -2.43. The second-order valence-electron chi connectivity index (χ2n) is 13.1. The molecule has 2 saturated heterocycles. The van der Waals surface area contributed by atoms with Gasteiger partial charge in [-0.15, -0.1) is 0 Å². The van der Waals surface area contributed by atoms with Gasteiger partial charge in [0.1, 0.15) is 0 Å². The smallest absolute Gasteiger partial charge is 0.455 e. The average Bonchev–Trinajstić information content (AvgIpc) is 3.35. The summed E-state index contributed by atoms with van der Waals surface area (Å²) in [6.45, 7) is 1.86. The quantitative estimate of drug-likeness (QED) is 0.0589. The highest BCUT2D eigenvalue weighted by atomic mass is 127. The zero-order chi connectivity index (χ0) is 37.7. The molecule has 2 aliphatic heterocycles. The lowest BCUT2D eigenvalue weighted by atomic mass is 9.58. The molecule has 2 heterocycles. The van der Waals surface area contributed by atoms with E-state index in [9.17, 15) is 46.1 Å². The van der Waals surface area contributed by atoms with Crippen LogP contribution in [0.4, 0.5) is 32.0 Å². The molecule has 3 aliphatic rings. The Morgan fingerprint density at radius 1 is 1.00 bits per heavy atom. The predicted molar refractivity (Wildman–Crippen MR) is 190 cm³/mol. The van der Waals surface area contributed by atoms with Crippen LogP contribution in [0, 0.1) is 21.3 Å². The van der Waals surface area contributed by atoms with Gasteiger partial charge in [0.15, 0.2) is 11.5 Å². The van der Waals surface area contributed by atoms with Crippen molar-refractivity contribution in [3.63, 3.8) is 0 Å². The van der Waals surface area contributed by atoms with Crippen molar-refractivity contribution in [3.8, 4) is 11.5 Å². The number of hydrogen-bond donors (Lipinski definition) is 2. The van der Waals surface area contributed by atoms with Gasteiger partial charge in [0, 0.05) is 0 Å². The predicted octanol–water partition coefficient (Wildman–Crippen LogP) is 8.78. The number of carbonyl (C=O) groups excluding carboxylic acids is 2. The molecule has 3 aromatic rings. The van der Waals surface area contributed by atoms with E-state index in [0.717, 1.165) is 27.8 Å². The number of phenols is 1. The number of aromatic hydroxyl groups is 1. The number of fused-ring (bicyclic) bond motifs is 3. The Kier molecular flexibility index (Phi) is 10.6. The zero-order valence-corrected chi connectivity index (χ0v) is 30.1. The van der Waals surface area contributed by atoms with Gasteiger partial charge in [-0.2, -0.15) is 26.3 Å². The highest BCUT2D eigenvalue weighted by molar-refractivity contribution is 14.1. The van der Waals surface area contributed by atoms with Gasteiger partial charge >= 0.3 is 19.5 Å². The number of imide groups is 1. The van der Waals surface area contributed by atoms with E-state index in [1.54, 1.807) is 12.1 Å². The Hall–Kier alpha value is -3.83. The van der Waals surface area contributed by atoms with E-state index in [0.29, 0.717) is 45.6 Å². The number of anilines is 1. The molecule has 0 radical (unpaired) electrons. The van der Waals surface area contributed by atoms with E-state index in [4.69, 9.17) is 9.39 Å². The highest BCUT2D eigenvalue weighted by Crippen LogP contribution is 2.52. The molecule has 52 heavy (non-hydrogen) atoms. The van der Waals surface area contributed by atoms with Gasteiger partial charge in [0.05, 0.1) is 45.4 Å². The molecule has 2 fully saturated rings. The molecule has 7 nitrogen and oxygen atoms in total. The molecule has 3 aromatic carbocycles. The number of alkyl halides is 6. The Balaban J connectivity index is 1.34. The minimum atomic E-state index is -5.17. The summed E-state index contributed by atoms with van der Waals surface area (Å²) in [4.78, 5) is 28.3. The number of benzene rings is 3. The van der Waals surface area contributed by atoms with Crippen molar-refractivity contribution in [1.29, 1.82) is 0 Å². The minimum Gasteiger partial charge on any atom is -0.504 e. The first-order chi connectivity index (χ1) is 24.5. The molecule has 2 amide bonds. The average molecular weight is 839 g/mol. The van der Waals surface area contributed by atoms with Crippen LogP contribution in [0.1, 0.15) is 54.9 Å². The van der Waals surface area contributed by atoms with Crippen LogP contribution < -0.4 is 9.64 Å². The fourth-order valence-electron chi connectivity index (χ4n) is 7.70. The number of halogens is 7. The summed E-state index contributed by atoms with van der Waals surface area (Å²) in [5.74, 6) is -4.35. The molecule has 274 valence electrons. The van der Waals surface area contributed by atoms with E-state index in [2.05, 4.69) is 0 Å². The third kappa shape index (κ3) is 7.36. The first-order valence-electron chi connectivity index (χ1n) is 16.6. The number of rotatable bonds is 8. The fourth-order valence-corrected chi connectivity index (χ4v) is 8.32. The van der Waals surface area contributed by atoms with Gasteiger partial charge in [-0.3, -0.25) is 9.59 Å². The van der Waals surface area contributed by atoms with Crippen LogP contribution in [0.5, 0.6) is 11.5 Å². The molecule has 0 bridgehead atoms. The van der Waals surface area contributed by atoms with Crippen molar-refractivity contribution in [2.75, 3.05) is 12.0 Å². The first-order valence-corrected chi connectivity index (χ1v) is 17.6. The molecule has 6 rings (SSSR count). The van der Waals surface area contributed by atoms with Crippen LogP contribution in [-0.4, -0.2) is 42.3 Å². The van der Waals surface area contributed by atoms with Crippen molar-refractivity contribution in [1.82, 2.24) is 0 Å².